The Morgan fingerprint density at radius 1 is 0.304 bits per heavy atom. The number of aliphatic hydroxyl groups excluding tert-OH is 1. The maximum atomic E-state index is 13.1. The Morgan fingerprint density at radius 3 is 0.772 bits per heavy atom. The summed E-state index contributed by atoms with van der Waals surface area (Å²) in [7, 11) is -9.91. The Bertz CT molecular complexity index is 1820. The SMILES string of the molecule is CCC(C)CCCCCCCCCCC(=O)OC[C@H](COP(=O)(O)OC[C@@H](O)COP(=O)(O)OC[C@@H](COC(=O)CCCCCCCCC(C)CC)OC(=O)CCCCCCCCCCCCCC(C)C)OC(=O)CCCCCCCCCCCCCCCC(C)C. The number of carbonyl (C=O) groups is 4. The van der Waals surface area contributed by atoms with Crippen LogP contribution < -0.4 is 0 Å². The Labute approximate surface area is 562 Å². The van der Waals surface area contributed by atoms with Crippen molar-refractivity contribution in [3.05, 3.63) is 0 Å². The molecule has 0 aromatic heterocycles. The molecule has 0 aliphatic rings. The maximum absolute atomic E-state index is 13.1. The molecule has 0 aromatic rings. The molecule has 0 aliphatic carbocycles. The molecule has 92 heavy (non-hydrogen) atoms. The first-order valence-corrected chi connectivity index (χ1v) is 40.8. The summed E-state index contributed by atoms with van der Waals surface area (Å²) in [5, 5.41) is 10.6. The summed E-state index contributed by atoms with van der Waals surface area (Å²) in [4.78, 5) is 72.7. The number of rotatable bonds is 70. The predicted octanol–water partition coefficient (Wildman–Crippen LogP) is 20.9. The molecule has 19 heteroatoms. The molecule has 0 saturated heterocycles. The molecular formula is C73H142O17P2. The van der Waals surface area contributed by atoms with Crippen molar-refractivity contribution in [2.24, 2.45) is 23.7 Å². The normalized spacial score (nSPS) is 14.8. The first kappa shape index (κ1) is 90.1. The third-order valence-electron chi connectivity index (χ3n) is 17.5. The molecule has 0 amide bonds. The number of carbonyl (C=O) groups excluding carboxylic acids is 4. The zero-order valence-electron chi connectivity index (χ0n) is 60.2. The van der Waals surface area contributed by atoms with Crippen molar-refractivity contribution >= 4 is 39.5 Å². The highest BCUT2D eigenvalue weighted by Gasteiger charge is 2.30. The van der Waals surface area contributed by atoms with Gasteiger partial charge in [0.15, 0.2) is 12.2 Å². The highest BCUT2D eigenvalue weighted by atomic mass is 31.2. The van der Waals surface area contributed by atoms with E-state index in [1.54, 1.807) is 0 Å². The van der Waals surface area contributed by atoms with E-state index in [2.05, 4.69) is 55.4 Å². The molecule has 0 bridgehead atoms. The third kappa shape index (κ3) is 64.1. The summed E-state index contributed by atoms with van der Waals surface area (Å²) < 4.78 is 68.4. The summed E-state index contributed by atoms with van der Waals surface area (Å²) in [5.74, 6) is 0.934. The van der Waals surface area contributed by atoms with E-state index in [4.69, 9.17) is 37.0 Å². The number of hydrogen-bond acceptors (Lipinski definition) is 15. The first-order valence-electron chi connectivity index (χ1n) is 37.8. The van der Waals surface area contributed by atoms with E-state index in [-0.39, 0.29) is 25.7 Å². The monoisotopic (exact) mass is 1350 g/mol. The van der Waals surface area contributed by atoms with Crippen LogP contribution >= 0.6 is 15.6 Å². The molecule has 0 aromatic carbocycles. The van der Waals surface area contributed by atoms with Crippen LogP contribution in [0.4, 0.5) is 0 Å². The van der Waals surface area contributed by atoms with E-state index in [9.17, 15) is 43.2 Å². The van der Waals surface area contributed by atoms with E-state index in [1.165, 1.54) is 161 Å². The molecule has 0 saturated carbocycles. The van der Waals surface area contributed by atoms with Crippen molar-refractivity contribution in [3.8, 4) is 0 Å². The fourth-order valence-electron chi connectivity index (χ4n) is 11.0. The van der Waals surface area contributed by atoms with Crippen LogP contribution in [-0.2, 0) is 65.4 Å². The Morgan fingerprint density at radius 2 is 0.522 bits per heavy atom. The van der Waals surface area contributed by atoms with Gasteiger partial charge in [0.25, 0.3) is 0 Å². The minimum absolute atomic E-state index is 0.105. The topological polar surface area (TPSA) is 237 Å². The molecule has 0 radical (unpaired) electrons. The molecule has 0 heterocycles. The fourth-order valence-corrected chi connectivity index (χ4v) is 12.5. The summed E-state index contributed by atoms with van der Waals surface area (Å²) >= 11 is 0. The van der Waals surface area contributed by atoms with Crippen LogP contribution in [0.3, 0.4) is 0 Å². The van der Waals surface area contributed by atoms with Gasteiger partial charge in [-0.05, 0) is 49.4 Å². The number of aliphatic hydroxyl groups is 1. The minimum Gasteiger partial charge on any atom is -0.462 e. The lowest BCUT2D eigenvalue weighted by molar-refractivity contribution is -0.161. The molecular weight excluding hydrogens is 1210 g/mol. The van der Waals surface area contributed by atoms with E-state index in [0.29, 0.717) is 25.7 Å². The minimum atomic E-state index is -4.96. The largest absolute Gasteiger partial charge is 0.472 e. The van der Waals surface area contributed by atoms with Crippen LogP contribution in [0, 0.1) is 23.7 Å². The fraction of sp³-hybridized carbons (Fsp3) is 0.945. The Kier molecular flexibility index (Phi) is 61.3. The van der Waals surface area contributed by atoms with Gasteiger partial charge >= 0.3 is 39.5 Å². The Balaban J connectivity index is 5.27. The van der Waals surface area contributed by atoms with Gasteiger partial charge in [0.2, 0.25) is 0 Å². The third-order valence-corrected chi connectivity index (χ3v) is 19.4. The lowest BCUT2D eigenvalue weighted by Gasteiger charge is -2.21. The molecule has 4 unspecified atom stereocenters. The molecule has 0 fully saturated rings. The zero-order chi connectivity index (χ0) is 68.2. The van der Waals surface area contributed by atoms with Crippen LogP contribution in [0.5, 0.6) is 0 Å². The number of unbranched alkanes of at least 4 members (excludes halogenated alkanes) is 34. The van der Waals surface area contributed by atoms with Crippen LogP contribution in [0.25, 0.3) is 0 Å². The van der Waals surface area contributed by atoms with Gasteiger partial charge in [0.05, 0.1) is 26.4 Å². The van der Waals surface area contributed by atoms with Crippen molar-refractivity contribution in [2.45, 2.75) is 382 Å². The van der Waals surface area contributed by atoms with Crippen molar-refractivity contribution in [1.82, 2.24) is 0 Å². The van der Waals surface area contributed by atoms with Crippen LogP contribution in [0.15, 0.2) is 0 Å². The summed E-state index contributed by atoms with van der Waals surface area (Å²) in [6.07, 6.45) is 45.7. The van der Waals surface area contributed by atoms with Gasteiger partial charge in [-0.2, -0.15) is 0 Å². The summed E-state index contributed by atoms with van der Waals surface area (Å²) in [6.45, 7) is 14.2. The molecule has 3 N–H and O–H groups in total. The molecule has 0 aliphatic heterocycles. The number of phosphoric acid groups is 2. The van der Waals surface area contributed by atoms with Crippen molar-refractivity contribution in [3.63, 3.8) is 0 Å². The van der Waals surface area contributed by atoms with Crippen LogP contribution in [-0.4, -0.2) is 96.7 Å². The molecule has 546 valence electrons. The smallest absolute Gasteiger partial charge is 0.462 e. The van der Waals surface area contributed by atoms with Gasteiger partial charge in [-0.15, -0.1) is 0 Å². The van der Waals surface area contributed by atoms with E-state index in [0.717, 1.165) is 120 Å². The highest BCUT2D eigenvalue weighted by Crippen LogP contribution is 2.45. The van der Waals surface area contributed by atoms with E-state index < -0.39 is 97.5 Å². The lowest BCUT2D eigenvalue weighted by Crippen LogP contribution is -2.30. The van der Waals surface area contributed by atoms with Gasteiger partial charge in [0, 0.05) is 25.7 Å². The first-order chi connectivity index (χ1) is 44.2. The van der Waals surface area contributed by atoms with Crippen molar-refractivity contribution in [2.75, 3.05) is 39.6 Å². The zero-order valence-corrected chi connectivity index (χ0v) is 62.0. The van der Waals surface area contributed by atoms with E-state index >= 15 is 0 Å². The Hall–Kier alpha value is -1.94. The van der Waals surface area contributed by atoms with Gasteiger partial charge < -0.3 is 33.8 Å². The number of ether oxygens (including phenoxy) is 4. The van der Waals surface area contributed by atoms with Gasteiger partial charge in [-0.1, -0.05) is 312 Å². The second-order valence-corrected chi connectivity index (χ2v) is 30.7. The van der Waals surface area contributed by atoms with Gasteiger partial charge in [-0.25, -0.2) is 9.13 Å². The molecule has 17 nitrogen and oxygen atoms in total. The molecule has 0 spiro atoms. The molecule has 0 rings (SSSR count). The quantitative estimate of drug-likeness (QED) is 0.0222. The number of phosphoric ester groups is 2. The maximum Gasteiger partial charge on any atom is 0.472 e. The predicted molar refractivity (Wildman–Crippen MR) is 372 cm³/mol. The second-order valence-electron chi connectivity index (χ2n) is 27.8. The van der Waals surface area contributed by atoms with Crippen LogP contribution in [0.1, 0.15) is 364 Å². The number of esters is 4. The molecule has 7 atom stereocenters. The summed E-state index contributed by atoms with van der Waals surface area (Å²) in [5.41, 5.74) is 0. The van der Waals surface area contributed by atoms with Gasteiger partial charge in [0.1, 0.15) is 19.3 Å². The highest BCUT2D eigenvalue weighted by molar-refractivity contribution is 7.47. The van der Waals surface area contributed by atoms with Crippen LogP contribution in [0.2, 0.25) is 0 Å². The average molecular weight is 1350 g/mol. The van der Waals surface area contributed by atoms with Crippen molar-refractivity contribution < 1.29 is 80.2 Å². The second kappa shape index (κ2) is 62.6. The lowest BCUT2D eigenvalue weighted by atomic mass is 9.99. The van der Waals surface area contributed by atoms with Crippen molar-refractivity contribution in [1.29, 1.82) is 0 Å². The summed E-state index contributed by atoms with van der Waals surface area (Å²) in [6, 6.07) is 0. The average Bonchev–Trinajstić information content (AvgIpc) is 2.66. The van der Waals surface area contributed by atoms with Gasteiger partial charge in [-0.3, -0.25) is 37.3 Å². The van der Waals surface area contributed by atoms with E-state index in [1.807, 2.05) is 0 Å². The number of hydrogen-bond donors (Lipinski definition) is 3. The standard InChI is InChI=1S/C73H142O17P2/c1-9-65(7)51-43-35-27-23-24-28-37-45-53-70(75)83-59-68(89-72(77)55-47-39-29-21-17-13-11-12-15-19-25-33-41-49-63(3)4)61-87-91(79,80)85-57-67(74)58-86-92(81,82)88-62-69(60-84-71(76)54-46-38-32-31-36-44-52-66(8)10-2)90-73(78)56-48-40-30-22-18-14-16-20-26-34-42-50-64(5)6/h63-69,74H,9-62H2,1-8H3,(H,79,80)(H,81,82)/t65?,66?,67-,68-,69-/m1/s1.